The van der Waals surface area contributed by atoms with Gasteiger partial charge in [0.15, 0.2) is 5.82 Å². The molecule has 2 rings (SSSR count). The zero-order chi connectivity index (χ0) is 17.0. The third-order valence-electron chi connectivity index (χ3n) is 3.37. The van der Waals surface area contributed by atoms with Gasteiger partial charge in [0.05, 0.1) is 0 Å². The third kappa shape index (κ3) is 4.32. The minimum absolute atomic E-state index is 0.283. The summed E-state index contributed by atoms with van der Waals surface area (Å²) in [7, 11) is 0. The highest BCUT2D eigenvalue weighted by Crippen LogP contribution is 2.19. The van der Waals surface area contributed by atoms with E-state index >= 15 is 0 Å². The molecular formula is C16H18ClN3O3. The molecule has 1 aromatic heterocycles. The van der Waals surface area contributed by atoms with Gasteiger partial charge in [-0.25, -0.2) is 0 Å². The van der Waals surface area contributed by atoms with Gasteiger partial charge >= 0.3 is 0 Å². The average molecular weight is 336 g/mol. The minimum Gasteiger partial charge on any atom is -0.360 e. The Morgan fingerprint density at radius 3 is 2.43 bits per heavy atom. The quantitative estimate of drug-likeness (QED) is 0.823. The standard InChI is InChI=1S/C16H18ClN3O3/c1-10-8-13(20-23-10)19-15(22)16(2,3)14(21)18-9-11-4-6-12(17)7-5-11/h4-8H,9H2,1-3H3,(H,18,21)(H,19,20,22). The largest absolute Gasteiger partial charge is 0.360 e. The van der Waals surface area contributed by atoms with Crippen LogP contribution in [0, 0.1) is 12.3 Å². The fourth-order valence-electron chi connectivity index (χ4n) is 1.81. The van der Waals surface area contributed by atoms with Crippen LogP contribution in [0.1, 0.15) is 25.2 Å². The molecule has 0 radical (unpaired) electrons. The van der Waals surface area contributed by atoms with Crippen LogP contribution in [0.4, 0.5) is 5.82 Å². The molecule has 6 nitrogen and oxygen atoms in total. The predicted molar refractivity (Wildman–Crippen MR) is 86.9 cm³/mol. The number of nitrogens with zero attached hydrogens (tertiary/aromatic N) is 1. The lowest BCUT2D eigenvalue weighted by molar-refractivity contribution is -0.138. The number of amides is 2. The maximum Gasteiger partial charge on any atom is 0.240 e. The molecule has 0 fully saturated rings. The molecule has 0 spiro atoms. The maximum absolute atomic E-state index is 12.3. The van der Waals surface area contributed by atoms with Crippen LogP contribution in [0.5, 0.6) is 0 Å². The van der Waals surface area contributed by atoms with E-state index < -0.39 is 11.3 Å². The Morgan fingerprint density at radius 1 is 1.22 bits per heavy atom. The molecule has 0 saturated heterocycles. The molecule has 2 amide bonds. The van der Waals surface area contributed by atoms with Crippen molar-refractivity contribution in [2.24, 2.45) is 5.41 Å². The Labute approximate surface area is 139 Å². The number of carbonyl (C=O) groups excluding carboxylic acids is 2. The van der Waals surface area contributed by atoms with Gasteiger partial charge in [-0.2, -0.15) is 0 Å². The lowest BCUT2D eigenvalue weighted by atomic mass is 9.91. The Kier molecular flexibility index (Phi) is 5.05. The normalized spacial score (nSPS) is 11.1. The van der Waals surface area contributed by atoms with Crippen molar-refractivity contribution in [2.45, 2.75) is 27.3 Å². The molecule has 7 heteroatoms. The number of halogens is 1. The zero-order valence-electron chi connectivity index (χ0n) is 13.1. The van der Waals surface area contributed by atoms with E-state index in [1.54, 1.807) is 39.0 Å². The van der Waals surface area contributed by atoms with E-state index in [0.717, 1.165) is 5.56 Å². The number of nitrogens with one attached hydrogen (secondary N) is 2. The number of benzene rings is 1. The van der Waals surface area contributed by atoms with E-state index in [1.807, 2.05) is 12.1 Å². The second-order valence-electron chi connectivity index (χ2n) is 5.71. The Morgan fingerprint density at radius 2 is 1.87 bits per heavy atom. The van der Waals surface area contributed by atoms with Crippen LogP contribution in [0.15, 0.2) is 34.9 Å². The van der Waals surface area contributed by atoms with Crippen LogP contribution in [0.25, 0.3) is 0 Å². The summed E-state index contributed by atoms with van der Waals surface area (Å²) in [6.07, 6.45) is 0. The molecular weight excluding hydrogens is 318 g/mol. The van der Waals surface area contributed by atoms with Gasteiger partial charge in [-0.15, -0.1) is 0 Å². The van der Waals surface area contributed by atoms with Crippen LogP contribution in [0.2, 0.25) is 5.02 Å². The number of aromatic nitrogens is 1. The van der Waals surface area contributed by atoms with Crippen molar-refractivity contribution in [2.75, 3.05) is 5.32 Å². The third-order valence-corrected chi connectivity index (χ3v) is 3.62. The monoisotopic (exact) mass is 335 g/mol. The molecule has 0 unspecified atom stereocenters. The van der Waals surface area contributed by atoms with E-state index in [2.05, 4.69) is 15.8 Å². The van der Waals surface area contributed by atoms with Crippen LogP contribution in [-0.4, -0.2) is 17.0 Å². The van der Waals surface area contributed by atoms with Crippen LogP contribution in [-0.2, 0) is 16.1 Å². The first-order valence-electron chi connectivity index (χ1n) is 7.06. The van der Waals surface area contributed by atoms with E-state index in [9.17, 15) is 9.59 Å². The lowest BCUT2D eigenvalue weighted by Crippen LogP contribution is -2.44. The Bertz CT molecular complexity index is 708. The van der Waals surface area contributed by atoms with Gasteiger partial charge in [0, 0.05) is 17.6 Å². The second-order valence-corrected chi connectivity index (χ2v) is 6.15. The molecule has 0 atom stereocenters. The molecule has 23 heavy (non-hydrogen) atoms. The molecule has 122 valence electrons. The summed E-state index contributed by atoms with van der Waals surface area (Å²) in [6.45, 7) is 5.13. The Balaban J connectivity index is 1.95. The summed E-state index contributed by atoms with van der Waals surface area (Å²) in [5.74, 6) is 0.0148. The molecule has 2 aromatic rings. The van der Waals surface area contributed by atoms with Crippen molar-refractivity contribution in [1.82, 2.24) is 10.5 Å². The van der Waals surface area contributed by atoms with Crippen LogP contribution < -0.4 is 10.6 Å². The SMILES string of the molecule is Cc1cc(NC(=O)C(C)(C)C(=O)NCc2ccc(Cl)cc2)no1. The maximum atomic E-state index is 12.3. The first-order valence-corrected chi connectivity index (χ1v) is 7.44. The molecule has 2 N–H and O–H groups in total. The molecule has 0 aliphatic heterocycles. The second kappa shape index (κ2) is 6.83. The van der Waals surface area contributed by atoms with E-state index in [4.69, 9.17) is 16.1 Å². The summed E-state index contributed by atoms with van der Waals surface area (Å²) in [5.41, 5.74) is -0.356. The smallest absolute Gasteiger partial charge is 0.240 e. The van der Waals surface area contributed by atoms with E-state index in [1.165, 1.54) is 0 Å². The van der Waals surface area contributed by atoms with Gasteiger partial charge in [0.2, 0.25) is 11.8 Å². The fraction of sp³-hybridized carbons (Fsp3) is 0.312. The van der Waals surface area contributed by atoms with Gasteiger partial charge in [-0.3, -0.25) is 9.59 Å². The number of hydrogen-bond donors (Lipinski definition) is 2. The van der Waals surface area contributed by atoms with Crippen molar-refractivity contribution in [1.29, 1.82) is 0 Å². The number of hydrogen-bond acceptors (Lipinski definition) is 4. The van der Waals surface area contributed by atoms with Crippen molar-refractivity contribution in [3.05, 3.63) is 46.7 Å². The molecule has 0 saturated carbocycles. The number of rotatable bonds is 5. The highest BCUT2D eigenvalue weighted by Gasteiger charge is 2.36. The first kappa shape index (κ1) is 17.0. The average Bonchev–Trinajstić information content (AvgIpc) is 2.91. The molecule has 0 bridgehead atoms. The summed E-state index contributed by atoms with van der Waals surface area (Å²) >= 11 is 5.81. The Hall–Kier alpha value is -2.34. The van der Waals surface area contributed by atoms with E-state index in [-0.39, 0.29) is 11.7 Å². The van der Waals surface area contributed by atoms with Crippen LogP contribution >= 0.6 is 11.6 Å². The summed E-state index contributed by atoms with van der Waals surface area (Å²) in [4.78, 5) is 24.6. The summed E-state index contributed by atoms with van der Waals surface area (Å²) in [6, 6.07) is 8.70. The molecule has 0 aliphatic rings. The number of aryl methyl sites for hydroxylation is 1. The first-order chi connectivity index (χ1) is 10.8. The summed E-state index contributed by atoms with van der Waals surface area (Å²) in [5, 5.41) is 9.62. The van der Waals surface area contributed by atoms with Crippen molar-refractivity contribution in [3.8, 4) is 0 Å². The van der Waals surface area contributed by atoms with Crippen molar-refractivity contribution in [3.63, 3.8) is 0 Å². The molecule has 0 aliphatic carbocycles. The molecule has 1 heterocycles. The van der Waals surface area contributed by atoms with Gasteiger partial charge in [0.25, 0.3) is 0 Å². The number of carbonyl (C=O) groups is 2. The number of anilines is 1. The summed E-state index contributed by atoms with van der Waals surface area (Å²) < 4.78 is 4.88. The minimum atomic E-state index is -1.25. The van der Waals surface area contributed by atoms with Gasteiger partial charge in [-0.05, 0) is 38.5 Å². The van der Waals surface area contributed by atoms with Gasteiger partial charge in [-0.1, -0.05) is 28.9 Å². The zero-order valence-corrected chi connectivity index (χ0v) is 13.9. The molecule has 1 aromatic carbocycles. The highest BCUT2D eigenvalue weighted by atomic mass is 35.5. The van der Waals surface area contributed by atoms with E-state index in [0.29, 0.717) is 17.3 Å². The van der Waals surface area contributed by atoms with Gasteiger partial charge in [0.1, 0.15) is 11.2 Å². The highest BCUT2D eigenvalue weighted by molar-refractivity contribution is 6.30. The fourth-order valence-corrected chi connectivity index (χ4v) is 1.93. The van der Waals surface area contributed by atoms with Crippen molar-refractivity contribution < 1.29 is 14.1 Å². The predicted octanol–water partition coefficient (Wildman–Crippen LogP) is 2.92. The lowest BCUT2D eigenvalue weighted by Gasteiger charge is -2.22. The van der Waals surface area contributed by atoms with Crippen LogP contribution in [0.3, 0.4) is 0 Å². The van der Waals surface area contributed by atoms with Crippen molar-refractivity contribution >= 4 is 29.2 Å². The topological polar surface area (TPSA) is 84.2 Å². The van der Waals surface area contributed by atoms with Gasteiger partial charge < -0.3 is 15.2 Å².